The molecule has 4 aromatic rings. The topological polar surface area (TPSA) is 0 Å². The van der Waals surface area contributed by atoms with Crippen LogP contribution in [0.1, 0.15) is 126 Å². The van der Waals surface area contributed by atoms with E-state index >= 15 is 0 Å². The minimum absolute atomic E-state index is 1.21. The molecule has 36 heavy (non-hydrogen) atoms. The summed E-state index contributed by atoms with van der Waals surface area (Å²) in [6.07, 6.45) is 15.0. The quantitative estimate of drug-likeness (QED) is 0.175. The summed E-state index contributed by atoms with van der Waals surface area (Å²) < 4.78 is 0. The fraction of sp³-hybridized carbons (Fsp3) is 0.556. The lowest BCUT2D eigenvalue weighted by atomic mass is 9.77. The lowest BCUT2D eigenvalue weighted by molar-refractivity contribution is 0.763. The molecule has 4 aromatic carbocycles. The van der Waals surface area contributed by atoms with Crippen LogP contribution in [-0.4, -0.2) is 0 Å². The van der Waals surface area contributed by atoms with Crippen molar-refractivity contribution in [3.8, 4) is 0 Å². The Morgan fingerprint density at radius 3 is 1.03 bits per heavy atom. The molecule has 0 aliphatic rings. The van der Waals surface area contributed by atoms with Gasteiger partial charge in [0.1, 0.15) is 0 Å². The second-order valence-electron chi connectivity index (χ2n) is 10.7. The summed E-state index contributed by atoms with van der Waals surface area (Å²) in [5.41, 5.74) is 9.60. The van der Waals surface area contributed by atoms with Gasteiger partial charge in [-0.25, -0.2) is 0 Å². The van der Waals surface area contributed by atoms with Crippen LogP contribution in [0.25, 0.3) is 32.3 Å². The van der Waals surface area contributed by atoms with Crippen LogP contribution >= 0.6 is 0 Å². The fourth-order valence-corrected chi connectivity index (χ4v) is 6.38. The summed E-state index contributed by atoms with van der Waals surface area (Å²) in [5.74, 6) is 0. The minimum Gasteiger partial charge on any atom is -0.0683 e. The molecule has 196 valence electrons. The Morgan fingerprint density at radius 2 is 0.722 bits per heavy atom. The maximum Gasteiger partial charge on any atom is -0.00181 e. The van der Waals surface area contributed by atoms with Gasteiger partial charge in [-0.05, 0) is 131 Å². The molecule has 0 nitrogen and oxygen atoms in total. The number of rotatable bonds is 12. The summed E-state index contributed by atoms with van der Waals surface area (Å²) in [5, 5.41) is 9.49. The highest BCUT2D eigenvalue weighted by Crippen LogP contribution is 2.46. The van der Waals surface area contributed by atoms with E-state index in [2.05, 4.69) is 65.8 Å². The molecule has 0 saturated carbocycles. The molecule has 0 aromatic heterocycles. The Balaban J connectivity index is 0.00000176. The van der Waals surface area contributed by atoms with Gasteiger partial charge in [-0.15, -0.1) is 0 Å². The van der Waals surface area contributed by atoms with E-state index in [0.717, 1.165) is 0 Å². The van der Waals surface area contributed by atoms with E-state index in [4.69, 9.17) is 0 Å². The molecule has 0 aliphatic carbocycles. The van der Waals surface area contributed by atoms with Gasteiger partial charge in [0.05, 0.1) is 0 Å². The molecular weight excluding hydrogens is 432 g/mol. The van der Waals surface area contributed by atoms with E-state index in [1.165, 1.54) is 88.2 Å². The Labute approximate surface area is 222 Å². The van der Waals surface area contributed by atoms with E-state index in [0.29, 0.717) is 0 Å². The first-order chi connectivity index (χ1) is 17.6. The van der Waals surface area contributed by atoms with E-state index in [9.17, 15) is 0 Å². The summed E-state index contributed by atoms with van der Waals surface area (Å²) in [7, 11) is 0. The van der Waals surface area contributed by atoms with E-state index in [-0.39, 0.29) is 0 Å². The molecule has 0 saturated heterocycles. The van der Waals surface area contributed by atoms with Crippen molar-refractivity contribution in [2.75, 3.05) is 0 Å². The molecule has 0 fully saturated rings. The first-order valence-corrected chi connectivity index (χ1v) is 15.3. The molecule has 0 aliphatic heterocycles. The highest BCUT2D eigenvalue weighted by atomic mass is 14.3. The first kappa shape index (κ1) is 28.5. The Hall–Kier alpha value is -2.08. The van der Waals surface area contributed by atoms with Crippen LogP contribution in [0.15, 0.2) is 24.3 Å². The molecule has 0 unspecified atom stereocenters. The van der Waals surface area contributed by atoms with E-state index < -0.39 is 0 Å². The average molecular weight is 485 g/mol. The van der Waals surface area contributed by atoms with E-state index in [1.807, 2.05) is 13.8 Å². The molecule has 0 heterocycles. The van der Waals surface area contributed by atoms with Crippen molar-refractivity contribution >= 4 is 32.3 Å². The number of unbranched alkanes of at least 4 members (excludes halogenated alkanes) is 4. The van der Waals surface area contributed by atoms with Gasteiger partial charge in [0.2, 0.25) is 0 Å². The first-order valence-electron chi connectivity index (χ1n) is 15.3. The number of benzene rings is 4. The molecule has 0 radical (unpaired) electrons. The minimum atomic E-state index is 1.21. The van der Waals surface area contributed by atoms with Crippen molar-refractivity contribution in [1.82, 2.24) is 0 Å². The third kappa shape index (κ3) is 5.29. The Bertz CT molecular complexity index is 1160. The van der Waals surface area contributed by atoms with Crippen molar-refractivity contribution in [1.29, 1.82) is 0 Å². The van der Waals surface area contributed by atoms with Crippen molar-refractivity contribution in [2.24, 2.45) is 0 Å². The highest BCUT2D eigenvalue weighted by molar-refractivity contribution is 6.27. The molecular formula is C36H52. The van der Waals surface area contributed by atoms with E-state index in [1.54, 1.807) is 54.6 Å². The molecule has 4 rings (SSSR count). The Kier molecular flexibility index (Phi) is 10.7. The molecule has 0 bridgehead atoms. The molecule has 0 spiro atoms. The van der Waals surface area contributed by atoms with Gasteiger partial charge in [-0.1, -0.05) is 91.5 Å². The molecule has 0 heteroatoms. The van der Waals surface area contributed by atoms with Crippen LogP contribution in [0.4, 0.5) is 0 Å². The van der Waals surface area contributed by atoms with Gasteiger partial charge in [0, 0.05) is 0 Å². The third-order valence-electron chi connectivity index (χ3n) is 8.18. The van der Waals surface area contributed by atoms with Gasteiger partial charge in [-0.3, -0.25) is 0 Å². The van der Waals surface area contributed by atoms with Crippen LogP contribution in [0.3, 0.4) is 0 Å². The average Bonchev–Trinajstić information content (AvgIpc) is 2.90. The van der Waals surface area contributed by atoms with Crippen LogP contribution < -0.4 is 0 Å². The zero-order valence-electron chi connectivity index (χ0n) is 24.8. The number of hydrogen-bond donors (Lipinski definition) is 0. The van der Waals surface area contributed by atoms with Crippen molar-refractivity contribution < 1.29 is 0 Å². The van der Waals surface area contributed by atoms with Crippen molar-refractivity contribution in [2.45, 2.75) is 132 Å². The summed E-state index contributed by atoms with van der Waals surface area (Å²) in [6, 6.07) is 9.84. The molecule has 0 N–H and O–H groups in total. The van der Waals surface area contributed by atoms with Crippen LogP contribution in [0.5, 0.6) is 0 Å². The maximum atomic E-state index is 2.48. The lowest BCUT2D eigenvalue weighted by Crippen LogP contribution is -2.06. The largest absolute Gasteiger partial charge is 0.0683 e. The summed E-state index contributed by atoms with van der Waals surface area (Å²) in [4.78, 5) is 0. The smallest absolute Gasteiger partial charge is 0.00181 e. The predicted octanol–water partition coefficient (Wildman–Crippen LogP) is 11.6. The summed E-state index contributed by atoms with van der Waals surface area (Å²) in [6.45, 7) is 18.1. The standard InChI is InChI=1S/C34H46.C2H6/c1-7-11-15-25-26(16-12-8-2)30-22-20-24(6)32-28(18-14-10-4)27(17-13-9-3)31-23(5)19-21-29(25)33(31)34(30)32;1-2/h19-22H,7-18H2,1-6H3;1-2H3. The number of aryl methyl sites for hydroxylation is 6. The highest BCUT2D eigenvalue weighted by Gasteiger charge is 2.23. The normalized spacial score (nSPS) is 11.6. The Morgan fingerprint density at radius 1 is 0.417 bits per heavy atom. The van der Waals surface area contributed by atoms with Gasteiger partial charge in [0.15, 0.2) is 0 Å². The van der Waals surface area contributed by atoms with Gasteiger partial charge >= 0.3 is 0 Å². The van der Waals surface area contributed by atoms with Crippen LogP contribution in [0.2, 0.25) is 0 Å². The zero-order valence-corrected chi connectivity index (χ0v) is 24.8. The fourth-order valence-electron chi connectivity index (χ4n) is 6.38. The van der Waals surface area contributed by atoms with Crippen molar-refractivity contribution in [3.05, 3.63) is 57.6 Å². The number of hydrogen-bond acceptors (Lipinski definition) is 0. The lowest BCUT2D eigenvalue weighted by Gasteiger charge is -2.26. The third-order valence-corrected chi connectivity index (χ3v) is 8.18. The molecule has 0 atom stereocenters. The molecule has 0 amide bonds. The van der Waals surface area contributed by atoms with Gasteiger partial charge in [-0.2, -0.15) is 0 Å². The second kappa shape index (κ2) is 13.5. The SMILES string of the molecule is CC.CCCCc1c(CCCC)c2ccc(C)c3c(CCCC)c(CCCC)c4c(C)ccc1c4c23. The maximum absolute atomic E-state index is 2.48. The second-order valence-corrected chi connectivity index (χ2v) is 10.7. The van der Waals surface area contributed by atoms with Crippen LogP contribution in [-0.2, 0) is 25.7 Å². The van der Waals surface area contributed by atoms with Gasteiger partial charge < -0.3 is 0 Å². The summed E-state index contributed by atoms with van der Waals surface area (Å²) >= 11 is 0. The monoisotopic (exact) mass is 484 g/mol. The van der Waals surface area contributed by atoms with Crippen molar-refractivity contribution in [3.63, 3.8) is 0 Å². The van der Waals surface area contributed by atoms with Gasteiger partial charge in [0.25, 0.3) is 0 Å². The predicted molar refractivity (Wildman–Crippen MR) is 165 cm³/mol. The van der Waals surface area contributed by atoms with Crippen LogP contribution in [0, 0.1) is 13.8 Å². The zero-order chi connectivity index (χ0) is 26.2.